The second-order valence-corrected chi connectivity index (χ2v) is 7.48. The van der Waals surface area contributed by atoms with E-state index in [1.54, 1.807) is 0 Å². The Bertz CT molecular complexity index is 313. The summed E-state index contributed by atoms with van der Waals surface area (Å²) >= 11 is 0. The van der Waals surface area contributed by atoms with Gasteiger partial charge in [-0.3, -0.25) is 4.79 Å². The predicted molar refractivity (Wildman–Crippen MR) is 80.3 cm³/mol. The van der Waals surface area contributed by atoms with Gasteiger partial charge in [0.25, 0.3) is 0 Å². The number of hydrogen-bond donors (Lipinski definition) is 0. The van der Waals surface area contributed by atoms with Gasteiger partial charge in [0.2, 0.25) is 0 Å². The minimum absolute atomic E-state index is 0.122. The number of ether oxygens (including phenoxy) is 1. The number of carbonyl (C=O) groups is 1. The fourth-order valence-corrected chi connectivity index (χ4v) is 4.76. The van der Waals surface area contributed by atoms with Gasteiger partial charge in [-0.25, -0.2) is 0 Å². The topological polar surface area (TPSA) is 26.3 Å². The second kappa shape index (κ2) is 6.95. The molecule has 1 heterocycles. The van der Waals surface area contributed by atoms with Crippen LogP contribution in [0.4, 0.5) is 0 Å². The molecule has 0 aromatic carbocycles. The van der Waals surface area contributed by atoms with Gasteiger partial charge in [0.1, 0.15) is 0 Å². The third-order valence-electron chi connectivity index (χ3n) is 5.98. The molecule has 20 heavy (non-hydrogen) atoms. The molecule has 114 valence electrons. The van der Waals surface area contributed by atoms with Gasteiger partial charge in [-0.05, 0) is 24.7 Å². The summed E-state index contributed by atoms with van der Waals surface area (Å²) in [5.74, 6) is 2.56. The van der Waals surface area contributed by atoms with Gasteiger partial charge in [-0.15, -0.1) is 0 Å². The zero-order valence-corrected chi connectivity index (χ0v) is 12.8. The van der Waals surface area contributed by atoms with E-state index in [1.807, 2.05) is 0 Å². The van der Waals surface area contributed by atoms with E-state index in [4.69, 9.17) is 4.74 Å². The van der Waals surface area contributed by atoms with Crippen molar-refractivity contribution in [3.63, 3.8) is 0 Å². The predicted octanol–water partition coefficient (Wildman–Crippen LogP) is 4.72. The molecule has 3 fully saturated rings. The Hall–Kier alpha value is -0.530. The summed E-state index contributed by atoms with van der Waals surface area (Å²) in [6, 6.07) is 0. The van der Waals surface area contributed by atoms with Crippen molar-refractivity contribution in [2.24, 2.45) is 23.7 Å². The van der Waals surface area contributed by atoms with Crippen molar-refractivity contribution in [1.29, 1.82) is 0 Å². The lowest BCUT2D eigenvalue weighted by atomic mass is 9.75. The van der Waals surface area contributed by atoms with Crippen LogP contribution in [0.1, 0.15) is 77.0 Å². The first kappa shape index (κ1) is 14.4. The largest absolute Gasteiger partial charge is 0.465 e. The molecular formula is C18H30O2. The van der Waals surface area contributed by atoms with Crippen molar-refractivity contribution in [2.45, 2.75) is 77.0 Å². The smallest absolute Gasteiger partial charge is 0.309 e. The molecule has 0 radical (unpaired) electrons. The fourth-order valence-electron chi connectivity index (χ4n) is 4.76. The number of hydrogen-bond acceptors (Lipinski definition) is 2. The highest BCUT2D eigenvalue weighted by Gasteiger charge is 2.39. The van der Waals surface area contributed by atoms with Crippen LogP contribution in [0.5, 0.6) is 0 Å². The molecule has 0 amide bonds. The molecule has 2 atom stereocenters. The second-order valence-electron chi connectivity index (χ2n) is 7.48. The Kier molecular flexibility index (Phi) is 5.01. The number of carbonyl (C=O) groups excluding carboxylic acids is 1. The number of esters is 1. The normalized spacial score (nSPS) is 33.3. The van der Waals surface area contributed by atoms with E-state index in [0.717, 1.165) is 18.3 Å². The summed E-state index contributed by atoms with van der Waals surface area (Å²) in [5.41, 5.74) is 0. The first-order chi connectivity index (χ1) is 9.83. The maximum atomic E-state index is 12.1. The van der Waals surface area contributed by atoms with Gasteiger partial charge in [-0.1, -0.05) is 64.2 Å². The highest BCUT2D eigenvalue weighted by atomic mass is 16.5. The minimum Gasteiger partial charge on any atom is -0.465 e. The third-order valence-corrected chi connectivity index (χ3v) is 5.98. The van der Waals surface area contributed by atoms with Crippen LogP contribution in [0.15, 0.2) is 0 Å². The quantitative estimate of drug-likeness (QED) is 0.696. The molecule has 0 aromatic heterocycles. The molecule has 1 saturated heterocycles. The van der Waals surface area contributed by atoms with Crippen molar-refractivity contribution in [1.82, 2.24) is 0 Å². The van der Waals surface area contributed by atoms with Crippen LogP contribution in [0.2, 0.25) is 0 Å². The third kappa shape index (κ3) is 3.56. The highest BCUT2D eigenvalue weighted by Crippen LogP contribution is 2.39. The molecular weight excluding hydrogens is 248 g/mol. The van der Waals surface area contributed by atoms with Gasteiger partial charge in [0.15, 0.2) is 0 Å². The summed E-state index contributed by atoms with van der Waals surface area (Å²) in [6.45, 7) is 0.715. The Morgan fingerprint density at radius 3 is 1.95 bits per heavy atom. The molecule has 2 heteroatoms. The van der Waals surface area contributed by atoms with Gasteiger partial charge in [0.05, 0.1) is 12.5 Å². The molecule has 2 nitrogen and oxygen atoms in total. The molecule has 0 spiro atoms. The average molecular weight is 278 g/mol. The molecule has 2 aliphatic carbocycles. The van der Waals surface area contributed by atoms with Gasteiger partial charge in [0, 0.05) is 5.92 Å². The molecule has 2 saturated carbocycles. The van der Waals surface area contributed by atoms with E-state index in [2.05, 4.69) is 0 Å². The van der Waals surface area contributed by atoms with E-state index >= 15 is 0 Å². The maximum Gasteiger partial charge on any atom is 0.309 e. The molecule has 1 aliphatic heterocycles. The van der Waals surface area contributed by atoms with Gasteiger partial charge >= 0.3 is 5.97 Å². The Labute approximate surface area is 123 Å². The van der Waals surface area contributed by atoms with Crippen molar-refractivity contribution in [3.8, 4) is 0 Å². The lowest BCUT2D eigenvalue weighted by Crippen LogP contribution is -2.23. The Morgan fingerprint density at radius 2 is 1.35 bits per heavy atom. The van der Waals surface area contributed by atoms with Crippen molar-refractivity contribution in [3.05, 3.63) is 0 Å². The monoisotopic (exact) mass is 278 g/mol. The average Bonchev–Trinajstić information content (AvgIpc) is 2.83. The Morgan fingerprint density at radius 1 is 0.800 bits per heavy atom. The first-order valence-electron chi connectivity index (χ1n) is 8.99. The molecule has 2 unspecified atom stereocenters. The number of rotatable bonds is 4. The zero-order valence-electron chi connectivity index (χ0n) is 12.8. The van der Waals surface area contributed by atoms with Crippen molar-refractivity contribution in [2.75, 3.05) is 6.61 Å². The fraction of sp³-hybridized carbons (Fsp3) is 0.944. The standard InChI is InChI=1S/C18H30O2/c19-18-17(12-15-9-5-2-6-10-15)16(13-20-18)11-14-7-3-1-4-8-14/h14-17H,1-13H2. The minimum atomic E-state index is 0.122. The molecule has 3 rings (SSSR count). The van der Waals surface area contributed by atoms with Crippen LogP contribution in [-0.4, -0.2) is 12.6 Å². The molecule has 0 N–H and O–H groups in total. The lowest BCUT2D eigenvalue weighted by molar-refractivity contribution is -0.141. The Balaban J connectivity index is 1.53. The van der Waals surface area contributed by atoms with Gasteiger partial charge < -0.3 is 4.74 Å². The van der Waals surface area contributed by atoms with E-state index < -0.39 is 0 Å². The summed E-state index contributed by atoms with van der Waals surface area (Å²) < 4.78 is 5.42. The summed E-state index contributed by atoms with van der Waals surface area (Å²) in [4.78, 5) is 12.1. The van der Waals surface area contributed by atoms with Crippen LogP contribution in [0.3, 0.4) is 0 Å². The summed E-state index contributed by atoms with van der Waals surface area (Å²) in [6.07, 6.45) is 16.2. The molecule has 0 bridgehead atoms. The summed E-state index contributed by atoms with van der Waals surface area (Å²) in [7, 11) is 0. The maximum absolute atomic E-state index is 12.1. The van der Waals surface area contributed by atoms with Crippen LogP contribution in [0, 0.1) is 23.7 Å². The van der Waals surface area contributed by atoms with Crippen LogP contribution in [-0.2, 0) is 9.53 Å². The van der Waals surface area contributed by atoms with E-state index in [9.17, 15) is 4.79 Å². The summed E-state index contributed by atoms with van der Waals surface area (Å²) in [5, 5.41) is 0. The highest BCUT2D eigenvalue weighted by molar-refractivity contribution is 5.74. The van der Waals surface area contributed by atoms with Crippen molar-refractivity contribution < 1.29 is 9.53 Å². The van der Waals surface area contributed by atoms with E-state index in [-0.39, 0.29) is 11.9 Å². The van der Waals surface area contributed by atoms with Crippen LogP contribution >= 0.6 is 0 Å². The van der Waals surface area contributed by atoms with Crippen LogP contribution in [0.25, 0.3) is 0 Å². The zero-order chi connectivity index (χ0) is 13.8. The van der Waals surface area contributed by atoms with Crippen LogP contribution < -0.4 is 0 Å². The lowest BCUT2D eigenvalue weighted by Gasteiger charge is -2.28. The van der Waals surface area contributed by atoms with E-state index in [1.165, 1.54) is 70.6 Å². The molecule has 0 aromatic rings. The van der Waals surface area contributed by atoms with Gasteiger partial charge in [-0.2, -0.15) is 0 Å². The first-order valence-corrected chi connectivity index (χ1v) is 8.99. The molecule has 3 aliphatic rings. The number of cyclic esters (lactones) is 1. The van der Waals surface area contributed by atoms with Crippen molar-refractivity contribution >= 4 is 5.97 Å². The SMILES string of the molecule is O=C1OCC(CC2CCCCC2)C1CC1CCCCC1. The van der Waals surface area contributed by atoms with E-state index in [0.29, 0.717) is 12.5 Å².